The lowest BCUT2D eigenvalue weighted by atomic mass is 10.1. The van der Waals surface area contributed by atoms with Crippen molar-refractivity contribution < 1.29 is 4.79 Å². The highest BCUT2D eigenvalue weighted by Crippen LogP contribution is 2.24. The molecule has 0 fully saturated rings. The molecule has 1 amide bonds. The van der Waals surface area contributed by atoms with Gasteiger partial charge in [0.25, 0.3) is 5.91 Å². The summed E-state index contributed by atoms with van der Waals surface area (Å²) in [5, 5.41) is 0.352. The maximum atomic E-state index is 12.4. The zero-order valence-electron chi connectivity index (χ0n) is 11.2. The van der Waals surface area contributed by atoms with Gasteiger partial charge in [0.2, 0.25) is 0 Å². The molecule has 0 aliphatic heterocycles. The number of nitrogens with two attached hydrogens (primary N) is 1. The number of hydrogen-bond acceptors (Lipinski definition) is 2. The van der Waals surface area contributed by atoms with Gasteiger partial charge in [0.15, 0.2) is 0 Å². The molecule has 0 radical (unpaired) electrons. The van der Waals surface area contributed by atoms with Crippen LogP contribution in [-0.2, 0) is 0 Å². The quantitative estimate of drug-likeness (QED) is 0.832. The highest BCUT2D eigenvalue weighted by atomic mass is 35.5. The zero-order valence-corrected chi connectivity index (χ0v) is 12.0. The van der Waals surface area contributed by atoms with Crippen LogP contribution in [0.5, 0.6) is 0 Å². The minimum absolute atomic E-state index is 0.0462. The summed E-state index contributed by atoms with van der Waals surface area (Å²) in [6, 6.07) is 5.18. The first-order chi connectivity index (χ1) is 8.51. The van der Waals surface area contributed by atoms with E-state index >= 15 is 0 Å². The second-order valence-electron chi connectivity index (χ2n) is 4.57. The zero-order chi connectivity index (χ0) is 13.7. The molecular weight excluding hydrogens is 248 g/mol. The van der Waals surface area contributed by atoms with Crippen LogP contribution in [0.25, 0.3) is 0 Å². The standard InChI is InChI=1S/C14H21ClN2O/c1-4-10(3)9-17(5-2)14(18)11-7-6-8-12(16)13(11)15/h6-8,10H,4-5,9,16H2,1-3H3. The minimum atomic E-state index is -0.0462. The maximum absolute atomic E-state index is 12.4. The van der Waals surface area contributed by atoms with Gasteiger partial charge < -0.3 is 10.6 Å². The monoisotopic (exact) mass is 268 g/mol. The summed E-state index contributed by atoms with van der Waals surface area (Å²) in [6.45, 7) is 7.65. The molecule has 1 rings (SSSR count). The summed E-state index contributed by atoms with van der Waals surface area (Å²) in [4.78, 5) is 14.2. The lowest BCUT2D eigenvalue weighted by Crippen LogP contribution is -2.34. The fourth-order valence-electron chi connectivity index (χ4n) is 1.75. The van der Waals surface area contributed by atoms with Crippen molar-refractivity contribution in [2.75, 3.05) is 18.8 Å². The summed E-state index contributed by atoms with van der Waals surface area (Å²) in [7, 11) is 0. The average molecular weight is 269 g/mol. The molecule has 100 valence electrons. The van der Waals surface area contributed by atoms with Crippen LogP contribution in [0.2, 0.25) is 5.02 Å². The lowest BCUT2D eigenvalue weighted by molar-refractivity contribution is 0.0741. The number of benzene rings is 1. The molecule has 1 aromatic carbocycles. The number of nitrogen functional groups attached to an aromatic ring is 1. The third kappa shape index (κ3) is 3.39. The topological polar surface area (TPSA) is 46.3 Å². The summed E-state index contributed by atoms with van der Waals surface area (Å²) < 4.78 is 0. The van der Waals surface area contributed by atoms with Gasteiger partial charge in [-0.25, -0.2) is 0 Å². The Morgan fingerprint density at radius 2 is 2.11 bits per heavy atom. The van der Waals surface area contributed by atoms with Crippen molar-refractivity contribution in [2.24, 2.45) is 5.92 Å². The Hall–Kier alpha value is -1.22. The summed E-state index contributed by atoms with van der Waals surface area (Å²) in [5.74, 6) is 0.434. The first kappa shape index (κ1) is 14.8. The lowest BCUT2D eigenvalue weighted by Gasteiger charge is -2.24. The molecular formula is C14H21ClN2O. The molecule has 0 saturated carbocycles. The van der Waals surface area contributed by atoms with Crippen molar-refractivity contribution in [1.29, 1.82) is 0 Å². The molecule has 0 aromatic heterocycles. The predicted molar refractivity (Wildman–Crippen MR) is 76.9 cm³/mol. The van der Waals surface area contributed by atoms with Crippen LogP contribution in [0.4, 0.5) is 5.69 Å². The smallest absolute Gasteiger partial charge is 0.255 e. The molecule has 3 nitrogen and oxygen atoms in total. The first-order valence-corrected chi connectivity index (χ1v) is 6.72. The van der Waals surface area contributed by atoms with Crippen molar-refractivity contribution in [2.45, 2.75) is 27.2 Å². The minimum Gasteiger partial charge on any atom is -0.398 e. The third-order valence-corrected chi connectivity index (χ3v) is 3.58. The molecule has 2 N–H and O–H groups in total. The van der Waals surface area contributed by atoms with Crippen LogP contribution in [-0.4, -0.2) is 23.9 Å². The van der Waals surface area contributed by atoms with Gasteiger partial charge in [-0.2, -0.15) is 0 Å². The van der Waals surface area contributed by atoms with Gasteiger partial charge >= 0.3 is 0 Å². The molecule has 1 aromatic rings. The second kappa shape index (κ2) is 6.64. The van der Waals surface area contributed by atoms with Crippen molar-refractivity contribution in [3.05, 3.63) is 28.8 Å². The highest BCUT2D eigenvalue weighted by molar-refractivity contribution is 6.36. The van der Waals surface area contributed by atoms with Gasteiger partial charge in [-0.1, -0.05) is 37.9 Å². The molecule has 0 bridgehead atoms. The van der Waals surface area contributed by atoms with Crippen LogP contribution < -0.4 is 5.73 Å². The number of amides is 1. The van der Waals surface area contributed by atoms with Gasteiger partial charge in [-0.15, -0.1) is 0 Å². The Balaban J connectivity index is 2.93. The molecule has 4 heteroatoms. The van der Waals surface area contributed by atoms with E-state index in [9.17, 15) is 4.79 Å². The van der Waals surface area contributed by atoms with Gasteiger partial charge in [0.05, 0.1) is 16.3 Å². The van der Waals surface area contributed by atoms with E-state index in [4.69, 9.17) is 17.3 Å². The van der Waals surface area contributed by atoms with E-state index in [2.05, 4.69) is 13.8 Å². The SMILES string of the molecule is CCC(C)CN(CC)C(=O)c1cccc(N)c1Cl. The molecule has 0 saturated heterocycles. The fraction of sp³-hybridized carbons (Fsp3) is 0.500. The number of halogens is 1. The van der Waals surface area contributed by atoms with Crippen LogP contribution in [0.3, 0.4) is 0 Å². The van der Waals surface area contributed by atoms with Crippen LogP contribution >= 0.6 is 11.6 Å². The molecule has 18 heavy (non-hydrogen) atoms. The van der Waals surface area contributed by atoms with Crippen LogP contribution in [0, 0.1) is 5.92 Å². The first-order valence-electron chi connectivity index (χ1n) is 6.34. The van der Waals surface area contributed by atoms with Gasteiger partial charge in [0.1, 0.15) is 0 Å². The number of carbonyl (C=O) groups excluding carboxylic acids is 1. The Bertz CT molecular complexity index is 420. The average Bonchev–Trinajstić information content (AvgIpc) is 2.38. The third-order valence-electron chi connectivity index (χ3n) is 3.16. The number of rotatable bonds is 5. The number of anilines is 1. The van der Waals surface area contributed by atoms with Crippen molar-refractivity contribution in [1.82, 2.24) is 4.90 Å². The number of hydrogen-bond donors (Lipinski definition) is 1. The van der Waals surface area contributed by atoms with E-state index in [1.165, 1.54) is 0 Å². The molecule has 1 unspecified atom stereocenters. The number of nitrogens with zero attached hydrogens (tertiary/aromatic N) is 1. The Kier molecular flexibility index (Phi) is 5.48. The highest BCUT2D eigenvalue weighted by Gasteiger charge is 2.19. The second-order valence-corrected chi connectivity index (χ2v) is 4.94. The van der Waals surface area contributed by atoms with Crippen molar-refractivity contribution in [3.63, 3.8) is 0 Å². The van der Waals surface area contributed by atoms with Crippen molar-refractivity contribution >= 4 is 23.2 Å². The Morgan fingerprint density at radius 3 is 2.67 bits per heavy atom. The molecule has 0 spiro atoms. The summed E-state index contributed by atoms with van der Waals surface area (Å²) in [5.41, 5.74) is 6.66. The maximum Gasteiger partial charge on any atom is 0.255 e. The van der Waals surface area contributed by atoms with Crippen molar-refractivity contribution in [3.8, 4) is 0 Å². The van der Waals surface area contributed by atoms with E-state index in [0.717, 1.165) is 13.0 Å². The van der Waals surface area contributed by atoms with E-state index in [0.29, 0.717) is 28.7 Å². The van der Waals surface area contributed by atoms with E-state index in [1.807, 2.05) is 11.8 Å². The van der Waals surface area contributed by atoms with Gasteiger partial charge in [-0.05, 0) is 25.0 Å². The molecule has 0 aliphatic rings. The van der Waals surface area contributed by atoms with E-state index in [1.54, 1.807) is 18.2 Å². The summed E-state index contributed by atoms with van der Waals surface area (Å²) >= 11 is 6.09. The van der Waals surface area contributed by atoms with E-state index < -0.39 is 0 Å². The van der Waals surface area contributed by atoms with E-state index in [-0.39, 0.29) is 5.91 Å². The molecule has 1 atom stereocenters. The molecule has 0 aliphatic carbocycles. The van der Waals surface area contributed by atoms with Crippen LogP contribution in [0.1, 0.15) is 37.6 Å². The number of carbonyl (C=O) groups is 1. The summed E-state index contributed by atoms with van der Waals surface area (Å²) in [6.07, 6.45) is 1.05. The normalized spacial score (nSPS) is 12.2. The Morgan fingerprint density at radius 1 is 1.44 bits per heavy atom. The van der Waals surface area contributed by atoms with Gasteiger partial charge in [-0.3, -0.25) is 4.79 Å². The fourth-order valence-corrected chi connectivity index (χ4v) is 1.95. The molecule has 0 heterocycles. The Labute approximate surface area is 114 Å². The largest absolute Gasteiger partial charge is 0.398 e. The van der Waals surface area contributed by atoms with Crippen LogP contribution in [0.15, 0.2) is 18.2 Å². The van der Waals surface area contributed by atoms with Gasteiger partial charge in [0, 0.05) is 13.1 Å². The predicted octanol–water partition coefficient (Wildman–Crippen LogP) is 3.43.